The van der Waals surface area contributed by atoms with Crippen LogP contribution in [0, 0.1) is 13.8 Å². The Labute approximate surface area is 116 Å². The molecule has 19 heavy (non-hydrogen) atoms. The van der Waals surface area contributed by atoms with Gasteiger partial charge in [-0.05, 0) is 34.1 Å². The molecule has 1 atom stereocenters. The van der Waals surface area contributed by atoms with Gasteiger partial charge in [-0.1, -0.05) is 6.92 Å². The fourth-order valence-corrected chi connectivity index (χ4v) is 1.86. The van der Waals surface area contributed by atoms with Crippen molar-refractivity contribution >= 4 is 5.96 Å². The zero-order chi connectivity index (χ0) is 14.4. The highest BCUT2D eigenvalue weighted by Gasteiger charge is 2.09. The molecule has 0 aromatic carbocycles. The van der Waals surface area contributed by atoms with Gasteiger partial charge in [0.15, 0.2) is 5.96 Å². The number of hydrogen-bond donors (Lipinski definition) is 2. The summed E-state index contributed by atoms with van der Waals surface area (Å²) in [5.74, 6) is 0.875. The van der Waals surface area contributed by atoms with Crippen LogP contribution in [-0.4, -0.2) is 28.3 Å². The van der Waals surface area contributed by atoms with E-state index in [1.54, 1.807) is 0 Å². The van der Waals surface area contributed by atoms with Gasteiger partial charge in [-0.3, -0.25) is 4.68 Å². The summed E-state index contributed by atoms with van der Waals surface area (Å²) >= 11 is 0. The SMILES string of the molecule is CCNC(=NCc1c(C)nn(C)c1C)NC(C)CC. The highest BCUT2D eigenvalue weighted by Crippen LogP contribution is 2.12. The molecule has 0 fully saturated rings. The number of hydrogen-bond acceptors (Lipinski definition) is 2. The van der Waals surface area contributed by atoms with Crippen LogP contribution in [0.3, 0.4) is 0 Å². The lowest BCUT2D eigenvalue weighted by atomic mass is 10.2. The van der Waals surface area contributed by atoms with E-state index in [9.17, 15) is 0 Å². The molecular weight excluding hydrogens is 238 g/mol. The summed E-state index contributed by atoms with van der Waals surface area (Å²) in [7, 11) is 1.97. The number of nitrogens with zero attached hydrogens (tertiary/aromatic N) is 3. The van der Waals surface area contributed by atoms with Crippen molar-refractivity contribution < 1.29 is 0 Å². The van der Waals surface area contributed by atoms with Gasteiger partial charge in [0.05, 0.1) is 12.2 Å². The fourth-order valence-electron chi connectivity index (χ4n) is 1.86. The predicted octanol–water partition coefficient (Wildman–Crippen LogP) is 1.89. The number of guanidine groups is 1. The second kappa shape index (κ2) is 7.16. The first kappa shape index (κ1) is 15.5. The lowest BCUT2D eigenvalue weighted by Gasteiger charge is -2.16. The van der Waals surface area contributed by atoms with Crippen molar-refractivity contribution in [3.63, 3.8) is 0 Å². The Bertz CT molecular complexity index is 433. The van der Waals surface area contributed by atoms with Gasteiger partial charge in [0.25, 0.3) is 0 Å². The minimum Gasteiger partial charge on any atom is -0.357 e. The molecule has 0 aliphatic rings. The Morgan fingerprint density at radius 3 is 2.53 bits per heavy atom. The molecule has 0 radical (unpaired) electrons. The standard InChI is InChI=1S/C14H27N5/c1-7-10(3)17-14(15-8-2)16-9-13-11(4)18-19(6)12(13)5/h10H,7-9H2,1-6H3,(H2,15,16,17). The van der Waals surface area contributed by atoms with Gasteiger partial charge >= 0.3 is 0 Å². The molecule has 0 saturated carbocycles. The summed E-state index contributed by atoms with van der Waals surface area (Å²) in [6.45, 7) is 12.1. The van der Waals surface area contributed by atoms with Gasteiger partial charge in [0, 0.05) is 30.9 Å². The lowest BCUT2D eigenvalue weighted by molar-refractivity contribution is 0.624. The monoisotopic (exact) mass is 265 g/mol. The van der Waals surface area contributed by atoms with E-state index in [2.05, 4.69) is 48.4 Å². The minimum atomic E-state index is 0.425. The first-order valence-corrected chi connectivity index (χ1v) is 7.03. The van der Waals surface area contributed by atoms with Gasteiger partial charge in [-0.15, -0.1) is 0 Å². The molecule has 0 spiro atoms. The summed E-state index contributed by atoms with van der Waals surface area (Å²) in [4.78, 5) is 4.65. The van der Waals surface area contributed by atoms with Crippen LogP contribution >= 0.6 is 0 Å². The molecule has 0 saturated heterocycles. The van der Waals surface area contributed by atoms with Crippen LogP contribution < -0.4 is 10.6 Å². The molecule has 0 aliphatic heterocycles. The van der Waals surface area contributed by atoms with E-state index < -0.39 is 0 Å². The minimum absolute atomic E-state index is 0.425. The zero-order valence-corrected chi connectivity index (χ0v) is 13.0. The molecule has 2 N–H and O–H groups in total. The molecule has 1 aromatic rings. The van der Waals surface area contributed by atoms with Crippen LogP contribution in [0.1, 0.15) is 44.1 Å². The van der Waals surface area contributed by atoms with Crippen LogP contribution in [0.15, 0.2) is 4.99 Å². The molecule has 0 aliphatic carbocycles. The highest BCUT2D eigenvalue weighted by atomic mass is 15.3. The number of aryl methyl sites for hydroxylation is 2. The van der Waals surface area contributed by atoms with Crippen LogP contribution in [-0.2, 0) is 13.6 Å². The topological polar surface area (TPSA) is 54.2 Å². The van der Waals surface area contributed by atoms with Crippen molar-refractivity contribution in [3.8, 4) is 0 Å². The molecule has 1 heterocycles. The fraction of sp³-hybridized carbons (Fsp3) is 0.714. The van der Waals surface area contributed by atoms with Gasteiger partial charge in [-0.25, -0.2) is 4.99 Å². The zero-order valence-electron chi connectivity index (χ0n) is 13.0. The predicted molar refractivity (Wildman–Crippen MR) is 80.4 cm³/mol. The van der Waals surface area contributed by atoms with Gasteiger partial charge in [0.1, 0.15) is 0 Å². The summed E-state index contributed by atoms with van der Waals surface area (Å²) in [6.07, 6.45) is 1.08. The van der Waals surface area contributed by atoms with Gasteiger partial charge in [0.2, 0.25) is 0 Å². The Hall–Kier alpha value is -1.52. The second-order valence-corrected chi connectivity index (χ2v) is 4.92. The van der Waals surface area contributed by atoms with E-state index in [-0.39, 0.29) is 0 Å². The Kier molecular flexibility index (Phi) is 5.86. The van der Waals surface area contributed by atoms with Crippen molar-refractivity contribution in [1.29, 1.82) is 0 Å². The summed E-state index contributed by atoms with van der Waals surface area (Å²) < 4.78 is 1.91. The first-order chi connectivity index (χ1) is 8.99. The van der Waals surface area contributed by atoms with Crippen LogP contribution in [0.25, 0.3) is 0 Å². The number of nitrogens with one attached hydrogen (secondary N) is 2. The molecule has 0 amide bonds. The van der Waals surface area contributed by atoms with Crippen molar-refractivity contribution in [2.45, 2.75) is 53.6 Å². The maximum absolute atomic E-state index is 4.65. The van der Waals surface area contributed by atoms with E-state index in [1.165, 1.54) is 11.3 Å². The van der Waals surface area contributed by atoms with E-state index in [0.29, 0.717) is 12.6 Å². The maximum Gasteiger partial charge on any atom is 0.191 e. The second-order valence-electron chi connectivity index (χ2n) is 4.92. The molecule has 108 valence electrons. The summed E-state index contributed by atoms with van der Waals surface area (Å²) in [5.41, 5.74) is 3.45. The maximum atomic E-state index is 4.65. The molecular formula is C14H27N5. The normalized spacial score (nSPS) is 13.5. The Morgan fingerprint density at radius 2 is 2.05 bits per heavy atom. The highest BCUT2D eigenvalue weighted by molar-refractivity contribution is 5.80. The molecule has 1 rings (SSSR count). The third-order valence-electron chi connectivity index (χ3n) is 3.39. The van der Waals surface area contributed by atoms with Gasteiger partial charge < -0.3 is 10.6 Å². The van der Waals surface area contributed by atoms with Crippen molar-refractivity contribution in [1.82, 2.24) is 20.4 Å². The van der Waals surface area contributed by atoms with E-state index >= 15 is 0 Å². The van der Waals surface area contributed by atoms with Crippen molar-refractivity contribution in [2.24, 2.45) is 12.0 Å². The van der Waals surface area contributed by atoms with E-state index in [0.717, 1.165) is 24.6 Å². The Morgan fingerprint density at radius 1 is 1.37 bits per heavy atom. The van der Waals surface area contributed by atoms with E-state index in [4.69, 9.17) is 0 Å². The molecule has 5 nitrogen and oxygen atoms in total. The number of aromatic nitrogens is 2. The van der Waals surface area contributed by atoms with E-state index in [1.807, 2.05) is 18.7 Å². The molecule has 1 aromatic heterocycles. The lowest BCUT2D eigenvalue weighted by Crippen LogP contribution is -2.41. The van der Waals surface area contributed by atoms with Gasteiger partial charge in [-0.2, -0.15) is 5.10 Å². The number of rotatable bonds is 5. The third-order valence-corrected chi connectivity index (χ3v) is 3.39. The first-order valence-electron chi connectivity index (χ1n) is 7.03. The average molecular weight is 265 g/mol. The summed E-state index contributed by atoms with van der Waals surface area (Å²) in [5, 5.41) is 11.1. The molecule has 0 bridgehead atoms. The average Bonchev–Trinajstić information content (AvgIpc) is 2.61. The number of aliphatic imine (C=N–C) groups is 1. The molecule has 1 unspecified atom stereocenters. The summed E-state index contributed by atoms with van der Waals surface area (Å²) in [6, 6.07) is 0.425. The Balaban J connectivity index is 2.79. The van der Waals surface area contributed by atoms with Crippen molar-refractivity contribution in [3.05, 3.63) is 17.0 Å². The van der Waals surface area contributed by atoms with Crippen LogP contribution in [0.5, 0.6) is 0 Å². The largest absolute Gasteiger partial charge is 0.357 e. The van der Waals surface area contributed by atoms with Crippen LogP contribution in [0.4, 0.5) is 0 Å². The quantitative estimate of drug-likeness (QED) is 0.631. The van der Waals surface area contributed by atoms with Crippen LogP contribution in [0.2, 0.25) is 0 Å². The third kappa shape index (κ3) is 4.26. The smallest absolute Gasteiger partial charge is 0.191 e. The van der Waals surface area contributed by atoms with Crippen molar-refractivity contribution in [2.75, 3.05) is 6.54 Å². The molecule has 5 heteroatoms.